The Labute approximate surface area is 127 Å². The third kappa shape index (κ3) is 3.32. The maximum atomic E-state index is 12.4. The molecule has 0 saturated heterocycles. The summed E-state index contributed by atoms with van der Waals surface area (Å²) in [6, 6.07) is 4.24. The maximum absolute atomic E-state index is 12.4. The number of aromatic nitrogens is 2. The second-order valence-corrected chi connectivity index (χ2v) is 7.31. The molecule has 0 aliphatic carbocycles. The Bertz CT molecular complexity index is 708. The van der Waals surface area contributed by atoms with Crippen LogP contribution in [0.2, 0.25) is 10.0 Å². The first kappa shape index (κ1) is 15.3. The van der Waals surface area contributed by atoms with Gasteiger partial charge in [0.2, 0.25) is 10.0 Å². The number of halogens is 2. The Kier molecular flexibility index (Phi) is 4.39. The van der Waals surface area contributed by atoms with Crippen molar-refractivity contribution in [2.75, 3.05) is 7.05 Å². The van der Waals surface area contributed by atoms with Gasteiger partial charge < -0.3 is 0 Å². The number of hydrogen-bond donors (Lipinski definition) is 0. The molecule has 0 aliphatic rings. The highest BCUT2D eigenvalue weighted by Gasteiger charge is 2.22. The highest BCUT2D eigenvalue weighted by molar-refractivity contribution is 7.89. The largest absolute Gasteiger partial charge is 0.275 e. The molecule has 0 bridgehead atoms. The normalized spacial score (nSPS) is 12.1. The summed E-state index contributed by atoms with van der Waals surface area (Å²) in [6.07, 6.45) is 3.38. The molecule has 1 aromatic carbocycles. The SMILES string of the molecule is CN(Cc1cnn(C)c1)S(=O)(=O)c1cc(Cl)cc(Cl)c1. The third-order valence-corrected chi connectivity index (χ3v) is 4.93. The Hall–Kier alpha value is -1.08. The molecule has 0 fully saturated rings. The quantitative estimate of drug-likeness (QED) is 0.863. The fraction of sp³-hybridized carbons (Fsp3) is 0.250. The summed E-state index contributed by atoms with van der Waals surface area (Å²) in [4.78, 5) is 0.0707. The molecule has 2 rings (SSSR count). The maximum Gasteiger partial charge on any atom is 0.243 e. The minimum atomic E-state index is -3.65. The van der Waals surface area contributed by atoms with E-state index in [4.69, 9.17) is 23.2 Å². The predicted octanol–water partition coefficient (Wildman–Crippen LogP) is 2.55. The molecule has 5 nitrogen and oxygen atoms in total. The highest BCUT2D eigenvalue weighted by atomic mass is 35.5. The van der Waals surface area contributed by atoms with Crippen molar-refractivity contribution in [3.05, 3.63) is 46.2 Å². The number of nitrogens with zero attached hydrogens (tertiary/aromatic N) is 3. The molecule has 1 heterocycles. The predicted molar refractivity (Wildman–Crippen MR) is 78.3 cm³/mol. The van der Waals surface area contributed by atoms with E-state index in [-0.39, 0.29) is 21.5 Å². The average molecular weight is 334 g/mol. The molecule has 0 aliphatic heterocycles. The Balaban J connectivity index is 2.29. The Morgan fingerprint density at radius 1 is 1.25 bits per heavy atom. The van der Waals surface area contributed by atoms with Crippen molar-refractivity contribution in [1.29, 1.82) is 0 Å². The number of hydrogen-bond acceptors (Lipinski definition) is 3. The van der Waals surface area contributed by atoms with Crippen molar-refractivity contribution in [2.24, 2.45) is 7.05 Å². The van der Waals surface area contributed by atoms with Gasteiger partial charge in [0.1, 0.15) is 0 Å². The average Bonchev–Trinajstić information content (AvgIpc) is 2.73. The molecule has 0 atom stereocenters. The number of sulfonamides is 1. The van der Waals surface area contributed by atoms with Gasteiger partial charge in [0.05, 0.1) is 11.1 Å². The van der Waals surface area contributed by atoms with Crippen molar-refractivity contribution in [1.82, 2.24) is 14.1 Å². The van der Waals surface area contributed by atoms with E-state index in [0.29, 0.717) is 0 Å². The lowest BCUT2D eigenvalue weighted by atomic mass is 10.4. The zero-order chi connectivity index (χ0) is 14.9. The van der Waals surface area contributed by atoms with Crippen molar-refractivity contribution in [3.63, 3.8) is 0 Å². The lowest BCUT2D eigenvalue weighted by Crippen LogP contribution is -2.26. The van der Waals surface area contributed by atoms with E-state index in [1.54, 1.807) is 24.1 Å². The van der Waals surface area contributed by atoms with Gasteiger partial charge in [0.15, 0.2) is 0 Å². The van der Waals surface area contributed by atoms with Gasteiger partial charge in [0, 0.05) is 42.4 Å². The van der Waals surface area contributed by atoms with Gasteiger partial charge in [-0.15, -0.1) is 0 Å². The summed E-state index contributed by atoms with van der Waals surface area (Å²) >= 11 is 11.7. The zero-order valence-corrected chi connectivity index (χ0v) is 13.2. The van der Waals surface area contributed by atoms with Gasteiger partial charge in [-0.05, 0) is 18.2 Å². The lowest BCUT2D eigenvalue weighted by Gasteiger charge is -2.16. The lowest BCUT2D eigenvalue weighted by molar-refractivity contribution is 0.466. The van der Waals surface area contributed by atoms with Crippen molar-refractivity contribution in [3.8, 4) is 0 Å². The number of aryl methyl sites for hydroxylation is 1. The van der Waals surface area contributed by atoms with Crippen LogP contribution >= 0.6 is 23.2 Å². The van der Waals surface area contributed by atoms with E-state index in [0.717, 1.165) is 5.56 Å². The van der Waals surface area contributed by atoms with E-state index in [1.807, 2.05) is 0 Å². The first-order chi connectivity index (χ1) is 9.29. The van der Waals surface area contributed by atoms with Crippen LogP contribution in [0, 0.1) is 0 Å². The summed E-state index contributed by atoms with van der Waals surface area (Å²) in [5, 5.41) is 4.57. The summed E-state index contributed by atoms with van der Waals surface area (Å²) < 4.78 is 27.7. The number of rotatable bonds is 4. The van der Waals surface area contributed by atoms with Gasteiger partial charge in [0.25, 0.3) is 0 Å². The van der Waals surface area contributed by atoms with Gasteiger partial charge in [-0.25, -0.2) is 8.42 Å². The summed E-state index contributed by atoms with van der Waals surface area (Å²) in [5.74, 6) is 0. The van der Waals surface area contributed by atoms with Crippen LogP contribution in [0.5, 0.6) is 0 Å². The Morgan fingerprint density at radius 3 is 2.35 bits per heavy atom. The molecular weight excluding hydrogens is 321 g/mol. The van der Waals surface area contributed by atoms with E-state index in [1.165, 1.54) is 29.6 Å². The van der Waals surface area contributed by atoms with Crippen LogP contribution in [0.1, 0.15) is 5.56 Å². The van der Waals surface area contributed by atoms with Gasteiger partial charge in [-0.1, -0.05) is 23.2 Å². The molecule has 0 radical (unpaired) electrons. The topological polar surface area (TPSA) is 55.2 Å². The highest BCUT2D eigenvalue weighted by Crippen LogP contribution is 2.24. The van der Waals surface area contributed by atoms with Crippen LogP contribution in [-0.4, -0.2) is 29.6 Å². The third-order valence-electron chi connectivity index (χ3n) is 2.71. The first-order valence-corrected chi connectivity index (χ1v) is 7.88. The van der Waals surface area contributed by atoms with Crippen LogP contribution in [0.3, 0.4) is 0 Å². The second kappa shape index (κ2) is 5.73. The minimum Gasteiger partial charge on any atom is -0.275 e. The molecule has 2 aromatic rings. The zero-order valence-electron chi connectivity index (χ0n) is 10.9. The molecular formula is C12H13Cl2N3O2S. The van der Waals surface area contributed by atoms with Crippen LogP contribution in [0.4, 0.5) is 0 Å². The standard InChI is InChI=1S/C12H13Cl2N3O2S/c1-16-7-9(6-15-16)8-17(2)20(18,19)12-4-10(13)3-11(14)5-12/h3-7H,8H2,1-2H3. The molecule has 0 unspecified atom stereocenters. The molecule has 108 valence electrons. The van der Waals surface area contributed by atoms with Crippen LogP contribution in [-0.2, 0) is 23.6 Å². The molecule has 8 heteroatoms. The van der Waals surface area contributed by atoms with Crippen LogP contribution in [0.15, 0.2) is 35.5 Å². The molecule has 1 aromatic heterocycles. The molecule has 0 amide bonds. The van der Waals surface area contributed by atoms with Crippen molar-refractivity contribution >= 4 is 33.2 Å². The molecule has 0 N–H and O–H groups in total. The summed E-state index contributed by atoms with van der Waals surface area (Å²) in [6.45, 7) is 0.223. The fourth-order valence-corrected chi connectivity index (χ4v) is 3.64. The van der Waals surface area contributed by atoms with Gasteiger partial charge >= 0.3 is 0 Å². The van der Waals surface area contributed by atoms with E-state index < -0.39 is 10.0 Å². The van der Waals surface area contributed by atoms with Crippen LogP contribution in [0.25, 0.3) is 0 Å². The first-order valence-electron chi connectivity index (χ1n) is 5.69. The van der Waals surface area contributed by atoms with E-state index in [9.17, 15) is 8.42 Å². The second-order valence-electron chi connectivity index (χ2n) is 4.39. The fourth-order valence-electron chi connectivity index (χ4n) is 1.75. The summed E-state index contributed by atoms with van der Waals surface area (Å²) in [7, 11) is -0.376. The molecule has 20 heavy (non-hydrogen) atoms. The smallest absolute Gasteiger partial charge is 0.243 e. The molecule has 0 saturated carbocycles. The van der Waals surface area contributed by atoms with E-state index >= 15 is 0 Å². The number of benzene rings is 1. The monoisotopic (exact) mass is 333 g/mol. The Morgan fingerprint density at radius 2 is 1.85 bits per heavy atom. The summed E-state index contributed by atoms with van der Waals surface area (Å²) in [5.41, 5.74) is 0.798. The molecule has 0 spiro atoms. The van der Waals surface area contributed by atoms with Crippen LogP contribution < -0.4 is 0 Å². The van der Waals surface area contributed by atoms with Gasteiger partial charge in [-0.3, -0.25) is 4.68 Å². The van der Waals surface area contributed by atoms with Gasteiger partial charge in [-0.2, -0.15) is 9.40 Å². The minimum absolute atomic E-state index is 0.0707. The van der Waals surface area contributed by atoms with Crippen molar-refractivity contribution < 1.29 is 8.42 Å². The van der Waals surface area contributed by atoms with E-state index in [2.05, 4.69) is 5.10 Å². The van der Waals surface area contributed by atoms with Crippen molar-refractivity contribution in [2.45, 2.75) is 11.4 Å².